The summed E-state index contributed by atoms with van der Waals surface area (Å²) >= 11 is 1.28. The van der Waals surface area contributed by atoms with Gasteiger partial charge in [-0.3, -0.25) is 4.79 Å². The number of nitrogens with zero attached hydrogens (tertiary/aromatic N) is 3. The van der Waals surface area contributed by atoms with Gasteiger partial charge >= 0.3 is 0 Å². The molecule has 3 aromatic rings. The molecule has 10 heteroatoms. The fourth-order valence-electron chi connectivity index (χ4n) is 3.25. The number of hydrogen-bond donors (Lipinski definition) is 1. The van der Waals surface area contributed by atoms with Crippen molar-refractivity contribution < 1.29 is 23.4 Å². The highest BCUT2D eigenvalue weighted by Crippen LogP contribution is 2.33. The van der Waals surface area contributed by atoms with Crippen LogP contribution in [0.1, 0.15) is 26.7 Å². The van der Waals surface area contributed by atoms with E-state index in [0.29, 0.717) is 46.3 Å². The van der Waals surface area contributed by atoms with Crippen LogP contribution in [-0.4, -0.2) is 46.2 Å². The minimum absolute atomic E-state index is 0.0105. The molecule has 0 radical (unpaired) electrons. The molecule has 0 aliphatic heterocycles. The lowest BCUT2D eigenvalue weighted by Gasteiger charge is -2.35. The van der Waals surface area contributed by atoms with Gasteiger partial charge in [-0.05, 0) is 43.9 Å². The highest BCUT2D eigenvalue weighted by Gasteiger charge is 2.30. The van der Waals surface area contributed by atoms with Gasteiger partial charge in [-0.2, -0.15) is 4.39 Å². The first kappa shape index (κ1) is 21.4. The topological polar surface area (TPSA) is 95.5 Å². The Morgan fingerprint density at radius 2 is 2.13 bits per heavy atom. The van der Waals surface area contributed by atoms with E-state index < -0.39 is 5.95 Å². The smallest absolute Gasteiger partial charge is 0.281 e. The Morgan fingerprint density at radius 1 is 1.29 bits per heavy atom. The third-order valence-electron chi connectivity index (χ3n) is 4.81. The summed E-state index contributed by atoms with van der Waals surface area (Å²) in [6.07, 6.45) is 3.38. The van der Waals surface area contributed by atoms with Gasteiger partial charge in [0, 0.05) is 19.0 Å². The molecule has 3 aromatic heterocycles. The molecule has 0 spiro atoms. The molecule has 8 nitrogen and oxygen atoms in total. The third-order valence-corrected chi connectivity index (χ3v) is 5.65. The van der Waals surface area contributed by atoms with Gasteiger partial charge in [0.1, 0.15) is 11.3 Å². The summed E-state index contributed by atoms with van der Waals surface area (Å²) < 4.78 is 30.2. The van der Waals surface area contributed by atoms with Crippen LogP contribution in [0.4, 0.5) is 4.39 Å². The van der Waals surface area contributed by atoms with E-state index in [-0.39, 0.29) is 18.1 Å². The molecule has 3 heterocycles. The number of thiazole rings is 1. The van der Waals surface area contributed by atoms with Crippen molar-refractivity contribution in [2.24, 2.45) is 5.92 Å². The van der Waals surface area contributed by atoms with Gasteiger partial charge in [0.05, 0.1) is 25.5 Å². The molecule has 1 aliphatic rings. The second-order valence-electron chi connectivity index (χ2n) is 7.58. The van der Waals surface area contributed by atoms with Crippen molar-refractivity contribution in [1.29, 1.82) is 0 Å². The summed E-state index contributed by atoms with van der Waals surface area (Å²) in [7, 11) is 0. The van der Waals surface area contributed by atoms with Crippen LogP contribution in [0.25, 0.3) is 10.3 Å². The standard InChI is InChI=1S/C21H23FN4O4S/c1-12(24-13(2)27)10-28-16-7-14(8-16)11-29-19-6-4-17-20(26-19)31-21(25-17)30-15-3-5-18(22)23-9-15/h3-6,9,12,14,16H,7-8,10-11H2,1-2H3,(H,24,27)/t12-,14?,16?/m0/s1. The number of aromatic nitrogens is 3. The normalized spacial score (nSPS) is 18.9. The van der Waals surface area contributed by atoms with Crippen molar-refractivity contribution in [1.82, 2.24) is 20.3 Å². The maximum Gasteiger partial charge on any atom is 0.281 e. The molecule has 164 valence electrons. The first-order valence-corrected chi connectivity index (χ1v) is 10.8. The van der Waals surface area contributed by atoms with E-state index in [1.807, 2.05) is 13.0 Å². The van der Waals surface area contributed by atoms with Crippen molar-refractivity contribution >= 4 is 27.6 Å². The predicted molar refractivity (Wildman–Crippen MR) is 113 cm³/mol. The Balaban J connectivity index is 1.23. The molecule has 1 aliphatic carbocycles. The maximum atomic E-state index is 12.9. The van der Waals surface area contributed by atoms with Crippen molar-refractivity contribution in [2.45, 2.75) is 38.8 Å². The second kappa shape index (κ2) is 9.52. The molecular formula is C21H23FN4O4S. The Bertz CT molecular complexity index is 1040. The summed E-state index contributed by atoms with van der Waals surface area (Å²) in [5, 5.41) is 3.21. The first-order chi connectivity index (χ1) is 14.9. The Morgan fingerprint density at radius 3 is 2.87 bits per heavy atom. The van der Waals surface area contributed by atoms with Crippen molar-refractivity contribution in [3.63, 3.8) is 0 Å². The number of amides is 1. The molecule has 0 saturated heterocycles. The zero-order valence-electron chi connectivity index (χ0n) is 17.2. The minimum Gasteiger partial charge on any atom is -0.477 e. The van der Waals surface area contributed by atoms with E-state index in [1.54, 1.807) is 6.07 Å². The molecule has 31 heavy (non-hydrogen) atoms. The van der Waals surface area contributed by atoms with Gasteiger partial charge in [0.15, 0.2) is 4.83 Å². The van der Waals surface area contributed by atoms with Gasteiger partial charge < -0.3 is 19.5 Å². The van der Waals surface area contributed by atoms with Crippen LogP contribution in [0.2, 0.25) is 0 Å². The molecule has 1 atom stereocenters. The average molecular weight is 447 g/mol. The molecule has 1 N–H and O–H groups in total. The van der Waals surface area contributed by atoms with Crippen molar-refractivity contribution in [3.05, 3.63) is 36.4 Å². The number of pyridine rings is 2. The molecule has 1 amide bonds. The summed E-state index contributed by atoms with van der Waals surface area (Å²) in [6.45, 7) is 4.51. The van der Waals surface area contributed by atoms with E-state index in [9.17, 15) is 9.18 Å². The summed E-state index contributed by atoms with van der Waals surface area (Å²) in [5.74, 6) is 0.751. The number of nitrogens with one attached hydrogen (secondary N) is 1. The van der Waals surface area contributed by atoms with Crippen LogP contribution in [0.5, 0.6) is 16.8 Å². The van der Waals surface area contributed by atoms with Gasteiger partial charge in [-0.15, -0.1) is 0 Å². The largest absolute Gasteiger partial charge is 0.477 e. The summed E-state index contributed by atoms with van der Waals surface area (Å²) in [5.41, 5.74) is 0.702. The Kier molecular flexibility index (Phi) is 6.57. The van der Waals surface area contributed by atoms with E-state index in [1.165, 1.54) is 36.6 Å². The molecule has 0 unspecified atom stereocenters. The first-order valence-electron chi connectivity index (χ1n) is 10.0. The fraction of sp³-hybridized carbons (Fsp3) is 0.429. The fourth-order valence-corrected chi connectivity index (χ4v) is 4.05. The molecule has 4 rings (SSSR count). The van der Waals surface area contributed by atoms with E-state index in [2.05, 4.69) is 20.3 Å². The lowest BCUT2D eigenvalue weighted by molar-refractivity contribution is -0.120. The average Bonchev–Trinajstić information content (AvgIpc) is 3.09. The highest BCUT2D eigenvalue weighted by molar-refractivity contribution is 7.19. The molecule has 0 bridgehead atoms. The molecular weight excluding hydrogens is 423 g/mol. The minimum atomic E-state index is -0.566. The SMILES string of the molecule is CC(=O)N[C@@H](C)COC1CC(COc2ccc3nc(Oc4ccc(F)nc4)sc3n2)C1. The molecule has 0 aromatic carbocycles. The monoisotopic (exact) mass is 446 g/mol. The van der Waals surface area contributed by atoms with Gasteiger partial charge in [-0.1, -0.05) is 11.3 Å². The van der Waals surface area contributed by atoms with E-state index in [0.717, 1.165) is 12.8 Å². The van der Waals surface area contributed by atoms with Crippen molar-refractivity contribution in [2.75, 3.05) is 13.2 Å². The number of halogens is 1. The van der Waals surface area contributed by atoms with E-state index >= 15 is 0 Å². The lowest BCUT2D eigenvalue weighted by Crippen LogP contribution is -2.40. The van der Waals surface area contributed by atoms with Crippen LogP contribution in [0.3, 0.4) is 0 Å². The molecule has 1 saturated carbocycles. The van der Waals surface area contributed by atoms with Crippen molar-refractivity contribution in [3.8, 4) is 16.8 Å². The highest BCUT2D eigenvalue weighted by atomic mass is 32.1. The Hall–Kier alpha value is -2.85. The zero-order valence-corrected chi connectivity index (χ0v) is 18.0. The van der Waals surface area contributed by atoms with Crippen LogP contribution in [-0.2, 0) is 9.53 Å². The van der Waals surface area contributed by atoms with E-state index in [4.69, 9.17) is 14.2 Å². The third kappa shape index (κ3) is 5.86. The zero-order chi connectivity index (χ0) is 21.8. The number of rotatable bonds is 9. The van der Waals surface area contributed by atoms with Crippen LogP contribution in [0, 0.1) is 11.9 Å². The van der Waals surface area contributed by atoms with Crippen LogP contribution in [0.15, 0.2) is 30.5 Å². The number of fused-ring (bicyclic) bond motifs is 1. The van der Waals surface area contributed by atoms with Crippen LogP contribution >= 0.6 is 11.3 Å². The van der Waals surface area contributed by atoms with Gasteiger partial charge in [0.25, 0.3) is 5.19 Å². The van der Waals surface area contributed by atoms with Gasteiger partial charge in [0.2, 0.25) is 17.7 Å². The number of ether oxygens (including phenoxy) is 3. The number of carbonyl (C=O) groups is 1. The Labute approximate surface area is 182 Å². The maximum absolute atomic E-state index is 12.9. The second-order valence-corrected chi connectivity index (χ2v) is 8.52. The molecule has 1 fully saturated rings. The van der Waals surface area contributed by atoms with Gasteiger partial charge in [-0.25, -0.2) is 15.0 Å². The number of hydrogen-bond acceptors (Lipinski definition) is 8. The van der Waals surface area contributed by atoms with Crippen LogP contribution < -0.4 is 14.8 Å². The quantitative estimate of drug-likeness (QED) is 0.501. The summed E-state index contributed by atoms with van der Waals surface area (Å²) in [6, 6.07) is 6.35. The lowest BCUT2D eigenvalue weighted by atomic mass is 9.83. The predicted octanol–water partition coefficient (Wildman–Crippen LogP) is 3.72. The number of carbonyl (C=O) groups excluding carboxylic acids is 1. The summed E-state index contributed by atoms with van der Waals surface area (Å²) in [4.78, 5) is 24.1.